The van der Waals surface area contributed by atoms with E-state index < -0.39 is 26.5 Å². The third kappa shape index (κ3) is 41.7. The van der Waals surface area contributed by atoms with Gasteiger partial charge in [0.05, 0.1) is 27.7 Å². The van der Waals surface area contributed by atoms with E-state index in [0.717, 1.165) is 70.6 Å². The van der Waals surface area contributed by atoms with Crippen LogP contribution in [0.5, 0.6) is 0 Å². The zero-order chi connectivity index (χ0) is 40.7. The van der Waals surface area contributed by atoms with Crippen molar-refractivity contribution in [1.82, 2.24) is 0 Å². The van der Waals surface area contributed by atoms with Crippen LogP contribution in [0, 0.1) is 0 Å². The van der Waals surface area contributed by atoms with Crippen LogP contribution in [0.2, 0.25) is 0 Å². The molecule has 0 rings (SSSR count). The largest absolute Gasteiger partial charge is 0.472 e. The van der Waals surface area contributed by atoms with E-state index in [9.17, 15) is 19.0 Å². The van der Waals surface area contributed by atoms with Gasteiger partial charge in [0, 0.05) is 12.8 Å². The van der Waals surface area contributed by atoms with Crippen molar-refractivity contribution in [2.45, 2.75) is 193 Å². The van der Waals surface area contributed by atoms with Crippen LogP contribution in [0.3, 0.4) is 0 Å². The lowest BCUT2D eigenvalue weighted by molar-refractivity contribution is -0.870. The number of phosphoric ester groups is 1. The summed E-state index contributed by atoms with van der Waals surface area (Å²) in [5.74, 6) is -0.814. The van der Waals surface area contributed by atoms with Crippen LogP contribution in [0.15, 0.2) is 36.5 Å². The molecule has 0 aromatic rings. The van der Waals surface area contributed by atoms with Gasteiger partial charge in [-0.1, -0.05) is 166 Å². The molecular formula is C45H85NO8P+. The van der Waals surface area contributed by atoms with Crippen molar-refractivity contribution in [3.05, 3.63) is 36.5 Å². The van der Waals surface area contributed by atoms with E-state index in [1.165, 1.54) is 83.5 Å². The van der Waals surface area contributed by atoms with Crippen molar-refractivity contribution in [2.24, 2.45) is 0 Å². The number of carbonyl (C=O) groups is 2. The highest BCUT2D eigenvalue weighted by molar-refractivity contribution is 7.47. The number of phosphoric acid groups is 1. The number of rotatable bonds is 40. The molecule has 0 saturated carbocycles. The molecule has 0 aromatic carbocycles. The van der Waals surface area contributed by atoms with Gasteiger partial charge in [0.1, 0.15) is 19.8 Å². The lowest BCUT2D eigenvalue weighted by Crippen LogP contribution is -2.37. The van der Waals surface area contributed by atoms with E-state index in [2.05, 4.69) is 50.3 Å². The second kappa shape index (κ2) is 37.8. The molecule has 1 N–H and O–H groups in total. The molecule has 0 aliphatic rings. The summed E-state index contributed by atoms with van der Waals surface area (Å²) in [6.07, 6.45) is 41.9. The second-order valence-electron chi connectivity index (χ2n) is 16.1. The zero-order valence-corrected chi connectivity index (χ0v) is 37.1. The maximum Gasteiger partial charge on any atom is 0.472 e. The van der Waals surface area contributed by atoms with E-state index in [0.29, 0.717) is 17.4 Å². The average molecular weight is 799 g/mol. The molecule has 0 spiro atoms. The first kappa shape index (κ1) is 53.2. The van der Waals surface area contributed by atoms with Gasteiger partial charge in [0.2, 0.25) is 0 Å². The Morgan fingerprint density at radius 1 is 0.582 bits per heavy atom. The van der Waals surface area contributed by atoms with E-state index in [4.69, 9.17) is 18.5 Å². The zero-order valence-electron chi connectivity index (χ0n) is 36.2. The maximum atomic E-state index is 12.7. The van der Waals surface area contributed by atoms with Crippen molar-refractivity contribution in [2.75, 3.05) is 47.5 Å². The number of likely N-dealkylation sites (N-methyl/N-ethyl adjacent to an activating group) is 1. The van der Waals surface area contributed by atoms with Gasteiger partial charge in [-0.25, -0.2) is 4.57 Å². The SMILES string of the molecule is CC/C=C/C/C=C/C/C=C/CCCCCCCC(=O)O[C@H](COC(=O)CCCCCCCCCCCCCCCCCC)COP(=O)(O)OCC[N+](C)(C)C. The molecule has 0 fully saturated rings. The Balaban J connectivity index is 4.36. The topological polar surface area (TPSA) is 108 Å². The van der Waals surface area contributed by atoms with Gasteiger partial charge in [-0.3, -0.25) is 18.6 Å². The van der Waals surface area contributed by atoms with Crippen LogP contribution in [0.1, 0.15) is 187 Å². The summed E-state index contributed by atoms with van der Waals surface area (Å²) >= 11 is 0. The van der Waals surface area contributed by atoms with Crippen LogP contribution in [-0.2, 0) is 32.7 Å². The molecule has 0 aromatic heterocycles. The van der Waals surface area contributed by atoms with Gasteiger partial charge in [-0.2, -0.15) is 0 Å². The first-order valence-electron chi connectivity index (χ1n) is 22.2. The Morgan fingerprint density at radius 2 is 1.04 bits per heavy atom. The van der Waals surface area contributed by atoms with E-state index >= 15 is 0 Å². The van der Waals surface area contributed by atoms with Gasteiger partial charge in [-0.05, 0) is 44.9 Å². The molecule has 0 bridgehead atoms. The van der Waals surface area contributed by atoms with Crippen molar-refractivity contribution in [3.63, 3.8) is 0 Å². The molecule has 55 heavy (non-hydrogen) atoms. The minimum atomic E-state index is -4.38. The number of carbonyl (C=O) groups excluding carboxylic acids is 2. The number of hydrogen-bond donors (Lipinski definition) is 1. The van der Waals surface area contributed by atoms with Crippen molar-refractivity contribution >= 4 is 19.8 Å². The minimum Gasteiger partial charge on any atom is -0.462 e. The van der Waals surface area contributed by atoms with Gasteiger partial charge >= 0.3 is 19.8 Å². The first-order valence-corrected chi connectivity index (χ1v) is 23.7. The summed E-state index contributed by atoms with van der Waals surface area (Å²) in [6.45, 7) is 4.30. The van der Waals surface area contributed by atoms with Crippen molar-refractivity contribution in [1.29, 1.82) is 0 Å². The number of quaternary nitrogens is 1. The van der Waals surface area contributed by atoms with Gasteiger partial charge in [-0.15, -0.1) is 0 Å². The van der Waals surface area contributed by atoms with Crippen molar-refractivity contribution in [3.8, 4) is 0 Å². The van der Waals surface area contributed by atoms with E-state index in [-0.39, 0.29) is 32.0 Å². The van der Waals surface area contributed by atoms with Gasteiger partial charge in [0.25, 0.3) is 0 Å². The fraction of sp³-hybridized carbons (Fsp3) is 0.822. The fourth-order valence-corrected chi connectivity index (χ4v) is 6.71. The lowest BCUT2D eigenvalue weighted by atomic mass is 10.0. The fourth-order valence-electron chi connectivity index (χ4n) is 5.97. The summed E-state index contributed by atoms with van der Waals surface area (Å²) in [5, 5.41) is 0. The quantitative estimate of drug-likeness (QED) is 0.0215. The Morgan fingerprint density at radius 3 is 1.55 bits per heavy atom. The number of hydrogen-bond acceptors (Lipinski definition) is 7. The summed E-state index contributed by atoms with van der Waals surface area (Å²) in [7, 11) is 1.47. The monoisotopic (exact) mass is 799 g/mol. The Labute approximate surface area is 338 Å². The Hall–Kier alpha value is -1.77. The van der Waals surface area contributed by atoms with Crippen LogP contribution in [0.4, 0.5) is 0 Å². The standard InChI is InChI=1S/C45H84NO8P/c1-6-8-10-12-14-16-18-20-22-24-25-27-29-31-33-35-37-44(47)51-41-43(42-53-55(49,50)52-40-39-46(3,4)5)54-45(48)38-36-34-32-30-28-26-23-21-19-17-15-13-11-9-7-2/h9,11,15,17,21,23,43H,6-8,10,12-14,16,18-20,22,24-42H2,1-5H3/p+1/b11-9+,17-15+,23-21+/t43-/m1/s1. The highest BCUT2D eigenvalue weighted by atomic mass is 31.2. The van der Waals surface area contributed by atoms with Gasteiger partial charge < -0.3 is 18.9 Å². The summed E-state index contributed by atoms with van der Waals surface area (Å²) in [5.41, 5.74) is 0. The number of nitrogens with zero attached hydrogens (tertiary/aromatic N) is 1. The molecule has 2 atom stereocenters. The second-order valence-corrected chi connectivity index (χ2v) is 17.5. The molecule has 1 unspecified atom stereocenters. The predicted molar refractivity (Wildman–Crippen MR) is 229 cm³/mol. The first-order chi connectivity index (χ1) is 26.5. The summed E-state index contributed by atoms with van der Waals surface area (Å²) in [4.78, 5) is 35.4. The van der Waals surface area contributed by atoms with E-state index in [1.807, 2.05) is 21.1 Å². The van der Waals surface area contributed by atoms with Crippen LogP contribution in [0.25, 0.3) is 0 Å². The molecule has 0 aliphatic heterocycles. The Bertz CT molecular complexity index is 1040. The Kier molecular flexibility index (Phi) is 36.6. The average Bonchev–Trinajstić information content (AvgIpc) is 3.13. The third-order valence-corrected chi connectivity index (χ3v) is 10.4. The molecule has 0 saturated heterocycles. The van der Waals surface area contributed by atoms with Gasteiger partial charge in [0.15, 0.2) is 6.10 Å². The molecule has 0 amide bonds. The normalized spacial score (nSPS) is 13.9. The smallest absolute Gasteiger partial charge is 0.462 e. The number of ether oxygens (including phenoxy) is 2. The maximum absolute atomic E-state index is 12.7. The number of unbranched alkanes of at least 4 members (excludes halogenated alkanes) is 20. The number of esters is 2. The third-order valence-electron chi connectivity index (χ3n) is 9.43. The van der Waals surface area contributed by atoms with Crippen LogP contribution < -0.4 is 0 Å². The van der Waals surface area contributed by atoms with Crippen LogP contribution in [-0.4, -0.2) is 74.9 Å². The molecule has 0 radical (unpaired) electrons. The highest BCUT2D eigenvalue weighted by Crippen LogP contribution is 2.43. The number of allylic oxidation sites excluding steroid dienone is 6. The van der Waals surface area contributed by atoms with Crippen LogP contribution >= 0.6 is 7.82 Å². The molecule has 10 heteroatoms. The predicted octanol–water partition coefficient (Wildman–Crippen LogP) is 12.5. The summed E-state index contributed by atoms with van der Waals surface area (Å²) in [6, 6.07) is 0. The lowest BCUT2D eigenvalue weighted by Gasteiger charge is -2.24. The summed E-state index contributed by atoms with van der Waals surface area (Å²) < 4.78 is 34.3. The molecule has 9 nitrogen and oxygen atoms in total. The van der Waals surface area contributed by atoms with Crippen molar-refractivity contribution < 1.29 is 42.1 Å². The highest BCUT2D eigenvalue weighted by Gasteiger charge is 2.27. The molecule has 322 valence electrons. The molecule has 0 aliphatic carbocycles. The molecular weight excluding hydrogens is 713 g/mol. The minimum absolute atomic E-state index is 0.0286. The molecule has 0 heterocycles. The van der Waals surface area contributed by atoms with E-state index in [1.54, 1.807) is 0 Å².